The van der Waals surface area contributed by atoms with Crippen LogP contribution in [0.15, 0.2) is 48.5 Å². The van der Waals surface area contributed by atoms with Crippen molar-refractivity contribution in [3.05, 3.63) is 59.7 Å². The minimum absolute atomic E-state index is 0.0417. The van der Waals surface area contributed by atoms with Crippen LogP contribution in [0.1, 0.15) is 38.0 Å². The largest absolute Gasteiger partial charge is 0.368 e. The summed E-state index contributed by atoms with van der Waals surface area (Å²) < 4.78 is 6.50. The SMILES string of the molecule is CN(C)n1nnc2c1-c1ccccc1CC(OC(C)(C)C)c1ccccc1-2. The summed E-state index contributed by atoms with van der Waals surface area (Å²) in [6.45, 7) is 6.32. The van der Waals surface area contributed by atoms with E-state index in [0.29, 0.717) is 0 Å². The van der Waals surface area contributed by atoms with Gasteiger partial charge in [-0.1, -0.05) is 48.5 Å². The van der Waals surface area contributed by atoms with Gasteiger partial charge in [0.1, 0.15) is 11.4 Å². The van der Waals surface area contributed by atoms with Crippen molar-refractivity contribution in [3.8, 4) is 22.5 Å². The Kier molecular flexibility index (Phi) is 4.27. The van der Waals surface area contributed by atoms with Crippen LogP contribution in [0.4, 0.5) is 0 Å². The quantitative estimate of drug-likeness (QED) is 0.684. The molecule has 0 spiro atoms. The normalized spacial score (nSPS) is 16.0. The van der Waals surface area contributed by atoms with E-state index in [1.807, 2.05) is 23.9 Å². The third-order valence-electron chi connectivity index (χ3n) is 4.77. The Hall–Kier alpha value is -2.66. The van der Waals surface area contributed by atoms with Gasteiger partial charge >= 0.3 is 0 Å². The van der Waals surface area contributed by atoms with Gasteiger partial charge in [-0.25, -0.2) is 0 Å². The van der Waals surface area contributed by atoms with Crippen LogP contribution in [-0.4, -0.2) is 34.8 Å². The fourth-order valence-electron chi connectivity index (χ4n) is 3.73. The van der Waals surface area contributed by atoms with Gasteiger partial charge in [-0.2, -0.15) is 4.79 Å². The summed E-state index contributed by atoms with van der Waals surface area (Å²) in [7, 11) is 3.96. The van der Waals surface area contributed by atoms with Gasteiger partial charge in [0.25, 0.3) is 0 Å². The first kappa shape index (κ1) is 17.7. The highest BCUT2D eigenvalue weighted by Gasteiger charge is 2.30. The molecule has 2 aromatic carbocycles. The molecule has 0 saturated carbocycles. The van der Waals surface area contributed by atoms with Gasteiger partial charge in [-0.3, -0.25) is 0 Å². The maximum Gasteiger partial charge on any atom is 0.123 e. The van der Waals surface area contributed by atoms with E-state index in [0.717, 1.165) is 34.5 Å². The minimum atomic E-state index is -0.240. The number of hydrogen-bond donors (Lipinski definition) is 0. The van der Waals surface area contributed by atoms with Crippen molar-refractivity contribution in [2.75, 3.05) is 19.1 Å². The van der Waals surface area contributed by atoms with Crippen molar-refractivity contribution in [1.29, 1.82) is 0 Å². The number of benzene rings is 2. The summed E-state index contributed by atoms with van der Waals surface area (Å²) in [4.78, 5) is 1.87. The first-order chi connectivity index (χ1) is 12.8. The molecule has 1 aromatic heterocycles. The molecule has 0 amide bonds. The first-order valence-electron chi connectivity index (χ1n) is 9.34. The maximum absolute atomic E-state index is 6.50. The second kappa shape index (κ2) is 6.50. The van der Waals surface area contributed by atoms with Gasteiger partial charge in [0, 0.05) is 31.6 Å². The summed E-state index contributed by atoms with van der Waals surface area (Å²) in [6.07, 6.45) is 0.766. The van der Waals surface area contributed by atoms with Crippen LogP contribution in [0.25, 0.3) is 22.5 Å². The molecule has 1 unspecified atom stereocenters. The Labute approximate surface area is 160 Å². The Balaban J connectivity index is 2.01. The fraction of sp³-hybridized carbons (Fsp3) is 0.364. The Bertz CT molecular complexity index is 968. The average Bonchev–Trinajstić information content (AvgIpc) is 3.04. The van der Waals surface area contributed by atoms with Crippen molar-refractivity contribution in [2.45, 2.75) is 38.9 Å². The van der Waals surface area contributed by atoms with Crippen LogP contribution < -0.4 is 5.01 Å². The van der Waals surface area contributed by atoms with E-state index < -0.39 is 0 Å². The standard InChI is InChI=1S/C22H26N4O/c1-22(2,3)27-19-14-15-10-6-7-11-16(15)21-20(23-24-26(21)25(4)5)18-13-9-8-12-17(18)19/h6-13,19H,14H2,1-5H3. The van der Waals surface area contributed by atoms with Crippen molar-refractivity contribution in [1.82, 2.24) is 15.1 Å². The van der Waals surface area contributed by atoms with Gasteiger partial charge in [0.2, 0.25) is 0 Å². The number of hydrogen-bond acceptors (Lipinski definition) is 4. The van der Waals surface area contributed by atoms with Crippen LogP contribution in [0.5, 0.6) is 0 Å². The predicted octanol–water partition coefficient (Wildman–Crippen LogP) is 4.22. The van der Waals surface area contributed by atoms with Crippen molar-refractivity contribution in [2.24, 2.45) is 0 Å². The highest BCUT2D eigenvalue weighted by molar-refractivity contribution is 5.82. The maximum atomic E-state index is 6.50. The van der Waals surface area contributed by atoms with Crippen LogP contribution in [0.3, 0.4) is 0 Å². The second-order valence-electron chi connectivity index (χ2n) is 8.19. The number of fused-ring (bicyclic) bond motifs is 5. The lowest BCUT2D eigenvalue weighted by molar-refractivity contribution is -0.0611. The van der Waals surface area contributed by atoms with Gasteiger partial charge in [-0.05, 0) is 37.1 Å². The number of ether oxygens (including phenoxy) is 1. The molecule has 0 bridgehead atoms. The van der Waals surface area contributed by atoms with E-state index in [9.17, 15) is 0 Å². The van der Waals surface area contributed by atoms with Crippen LogP contribution >= 0.6 is 0 Å². The van der Waals surface area contributed by atoms with Crippen LogP contribution in [-0.2, 0) is 11.2 Å². The molecular formula is C22H26N4O. The summed E-state index contributed by atoms with van der Waals surface area (Å²) >= 11 is 0. The van der Waals surface area contributed by atoms with Gasteiger partial charge in [0.15, 0.2) is 0 Å². The molecule has 4 rings (SSSR count). The van der Waals surface area contributed by atoms with E-state index in [1.165, 1.54) is 5.56 Å². The van der Waals surface area contributed by atoms with E-state index in [4.69, 9.17) is 4.74 Å². The first-order valence-corrected chi connectivity index (χ1v) is 9.34. The summed E-state index contributed by atoms with van der Waals surface area (Å²) in [5.41, 5.74) is 6.33. The molecule has 0 fully saturated rings. The molecule has 5 heteroatoms. The minimum Gasteiger partial charge on any atom is -0.368 e. The van der Waals surface area contributed by atoms with Crippen molar-refractivity contribution < 1.29 is 4.74 Å². The van der Waals surface area contributed by atoms with Crippen molar-refractivity contribution >= 4 is 0 Å². The molecule has 1 heterocycles. The molecule has 1 aliphatic rings. The zero-order valence-electron chi connectivity index (χ0n) is 16.6. The molecule has 0 aliphatic heterocycles. The Morgan fingerprint density at radius 3 is 2.37 bits per heavy atom. The average molecular weight is 362 g/mol. The van der Waals surface area contributed by atoms with E-state index in [2.05, 4.69) is 79.6 Å². The zero-order chi connectivity index (χ0) is 19.2. The van der Waals surface area contributed by atoms with Gasteiger partial charge < -0.3 is 9.75 Å². The summed E-state index contributed by atoms with van der Waals surface area (Å²) in [5, 5.41) is 11.0. The molecule has 140 valence electrons. The molecule has 1 aliphatic carbocycles. The van der Waals surface area contributed by atoms with Gasteiger partial charge in [-0.15, -0.1) is 5.10 Å². The van der Waals surface area contributed by atoms with Crippen molar-refractivity contribution in [3.63, 3.8) is 0 Å². The molecule has 0 radical (unpaired) electrons. The van der Waals surface area contributed by atoms with E-state index >= 15 is 0 Å². The monoisotopic (exact) mass is 362 g/mol. The number of rotatable bonds is 2. The van der Waals surface area contributed by atoms with Crippen LogP contribution in [0.2, 0.25) is 0 Å². The molecule has 1 atom stereocenters. The third kappa shape index (κ3) is 3.23. The third-order valence-corrected chi connectivity index (χ3v) is 4.77. The van der Waals surface area contributed by atoms with Crippen LogP contribution in [0, 0.1) is 0 Å². The zero-order valence-corrected chi connectivity index (χ0v) is 16.6. The molecular weight excluding hydrogens is 336 g/mol. The molecule has 5 nitrogen and oxygen atoms in total. The highest BCUT2D eigenvalue weighted by Crippen LogP contribution is 2.42. The molecule has 3 aromatic rings. The predicted molar refractivity (Wildman–Crippen MR) is 108 cm³/mol. The molecule has 0 saturated heterocycles. The second-order valence-corrected chi connectivity index (χ2v) is 8.19. The highest BCUT2D eigenvalue weighted by atomic mass is 16.5. The lowest BCUT2D eigenvalue weighted by atomic mass is 9.87. The lowest BCUT2D eigenvalue weighted by Crippen LogP contribution is -2.28. The summed E-state index contributed by atoms with van der Waals surface area (Å²) in [6, 6.07) is 16.9. The van der Waals surface area contributed by atoms with E-state index in [1.54, 1.807) is 0 Å². The smallest absolute Gasteiger partial charge is 0.123 e. The molecule has 27 heavy (non-hydrogen) atoms. The number of aromatic nitrogens is 3. The topological polar surface area (TPSA) is 43.2 Å². The Morgan fingerprint density at radius 2 is 1.67 bits per heavy atom. The van der Waals surface area contributed by atoms with Gasteiger partial charge in [0.05, 0.1) is 11.7 Å². The molecule has 0 N–H and O–H groups in total. The number of nitrogens with zero attached hydrogens (tertiary/aromatic N) is 4. The fourth-order valence-corrected chi connectivity index (χ4v) is 3.73. The Morgan fingerprint density at radius 1 is 1.00 bits per heavy atom. The lowest BCUT2D eigenvalue weighted by Gasteiger charge is -2.31. The summed E-state index contributed by atoms with van der Waals surface area (Å²) in [5.74, 6) is 0. The van der Waals surface area contributed by atoms with E-state index in [-0.39, 0.29) is 11.7 Å².